The van der Waals surface area contributed by atoms with E-state index >= 15 is 0 Å². The largest absolute Gasteiger partial charge is 0.496 e. The number of nitrogens with one attached hydrogen (secondary N) is 1. The first kappa shape index (κ1) is 20.2. The van der Waals surface area contributed by atoms with Gasteiger partial charge in [-0.25, -0.2) is 13.2 Å². The van der Waals surface area contributed by atoms with E-state index in [0.29, 0.717) is 22.4 Å². The standard InChI is InChI=1S/C18H21NO8S/c1-9-11(6-16(21)19-12-7-28(23,24)8-13(12)20)18(22)27-15-5-10(25-2)4-14(26-3)17(9)15/h4-5,12-13,20H,6-8H2,1-3H3,(H,19,21)/t12-,13-/m0/s1. The van der Waals surface area contributed by atoms with E-state index in [1.165, 1.54) is 14.2 Å². The number of carbonyl (C=O) groups excluding carboxylic acids is 1. The number of methoxy groups -OCH3 is 2. The number of ether oxygens (including phenoxy) is 2. The van der Waals surface area contributed by atoms with Gasteiger partial charge in [-0.15, -0.1) is 0 Å². The van der Waals surface area contributed by atoms with Crippen LogP contribution in [0.3, 0.4) is 0 Å². The third-order valence-electron chi connectivity index (χ3n) is 4.78. The number of fused-ring (bicyclic) bond motifs is 1. The van der Waals surface area contributed by atoms with Gasteiger partial charge < -0.3 is 24.3 Å². The summed E-state index contributed by atoms with van der Waals surface area (Å²) in [5.74, 6) is -0.431. The van der Waals surface area contributed by atoms with E-state index in [0.717, 1.165) is 0 Å². The van der Waals surface area contributed by atoms with Crippen LogP contribution in [0.25, 0.3) is 11.0 Å². The third kappa shape index (κ3) is 3.83. The highest BCUT2D eigenvalue weighted by molar-refractivity contribution is 7.91. The lowest BCUT2D eigenvalue weighted by Gasteiger charge is -2.16. The first-order chi connectivity index (χ1) is 13.1. The SMILES string of the molecule is COc1cc(OC)c2c(C)c(CC(=O)N[C@H]3CS(=O)(=O)C[C@@H]3O)c(=O)oc2c1. The highest BCUT2D eigenvalue weighted by Crippen LogP contribution is 2.33. The summed E-state index contributed by atoms with van der Waals surface area (Å²) in [4.78, 5) is 24.8. The molecule has 2 heterocycles. The van der Waals surface area contributed by atoms with Gasteiger partial charge >= 0.3 is 5.63 Å². The molecule has 0 saturated carbocycles. The molecule has 1 aromatic carbocycles. The zero-order valence-corrected chi connectivity index (χ0v) is 16.5. The third-order valence-corrected chi connectivity index (χ3v) is 6.49. The fourth-order valence-corrected chi connectivity index (χ4v) is 5.09. The van der Waals surface area contributed by atoms with Crippen LogP contribution in [-0.2, 0) is 21.1 Å². The second-order valence-corrected chi connectivity index (χ2v) is 8.84. The minimum Gasteiger partial charge on any atom is -0.496 e. The van der Waals surface area contributed by atoms with Gasteiger partial charge in [-0.05, 0) is 12.5 Å². The van der Waals surface area contributed by atoms with Gasteiger partial charge in [0.1, 0.15) is 17.1 Å². The summed E-state index contributed by atoms with van der Waals surface area (Å²) in [6.45, 7) is 1.67. The molecule has 1 aliphatic heterocycles. The maximum Gasteiger partial charge on any atom is 0.340 e. The average Bonchev–Trinajstić information content (AvgIpc) is 2.88. The van der Waals surface area contributed by atoms with Crippen molar-refractivity contribution in [1.82, 2.24) is 5.32 Å². The molecule has 1 aromatic heterocycles. The number of aliphatic hydroxyl groups is 1. The Balaban J connectivity index is 1.93. The minimum absolute atomic E-state index is 0.129. The number of rotatable bonds is 5. The van der Waals surface area contributed by atoms with Crippen LogP contribution in [-0.4, -0.2) is 57.3 Å². The summed E-state index contributed by atoms with van der Waals surface area (Å²) in [5, 5.41) is 12.8. The van der Waals surface area contributed by atoms with Crippen molar-refractivity contribution in [2.75, 3.05) is 25.7 Å². The van der Waals surface area contributed by atoms with E-state index in [9.17, 15) is 23.1 Å². The molecule has 10 heteroatoms. The van der Waals surface area contributed by atoms with Crippen LogP contribution in [0.2, 0.25) is 0 Å². The van der Waals surface area contributed by atoms with Gasteiger partial charge in [-0.1, -0.05) is 0 Å². The number of aliphatic hydroxyl groups excluding tert-OH is 1. The normalized spacial score (nSPS) is 20.9. The Labute approximate surface area is 161 Å². The van der Waals surface area contributed by atoms with Crippen molar-refractivity contribution in [2.24, 2.45) is 0 Å². The van der Waals surface area contributed by atoms with Gasteiger partial charge in [-0.2, -0.15) is 0 Å². The predicted octanol–water partition coefficient (Wildman–Crippen LogP) is -0.0648. The molecule has 152 valence electrons. The smallest absolute Gasteiger partial charge is 0.340 e. The number of amides is 1. The molecule has 9 nitrogen and oxygen atoms in total. The maximum absolute atomic E-state index is 12.4. The van der Waals surface area contributed by atoms with Crippen molar-refractivity contribution in [2.45, 2.75) is 25.5 Å². The van der Waals surface area contributed by atoms with Crippen LogP contribution in [0.15, 0.2) is 21.3 Å². The molecular formula is C18H21NO8S. The number of benzene rings is 1. The molecular weight excluding hydrogens is 390 g/mol. The lowest BCUT2D eigenvalue weighted by molar-refractivity contribution is -0.121. The van der Waals surface area contributed by atoms with Gasteiger partial charge in [0, 0.05) is 12.1 Å². The zero-order valence-electron chi connectivity index (χ0n) is 15.6. The molecule has 0 radical (unpaired) electrons. The number of hydrogen-bond donors (Lipinski definition) is 2. The van der Waals surface area contributed by atoms with E-state index in [1.54, 1.807) is 19.1 Å². The Morgan fingerprint density at radius 2 is 2.00 bits per heavy atom. The quantitative estimate of drug-likeness (QED) is 0.654. The van der Waals surface area contributed by atoms with E-state index in [2.05, 4.69) is 5.32 Å². The first-order valence-corrected chi connectivity index (χ1v) is 10.3. The average molecular weight is 411 g/mol. The predicted molar refractivity (Wildman–Crippen MR) is 101 cm³/mol. The van der Waals surface area contributed by atoms with E-state index in [1.807, 2.05) is 0 Å². The number of sulfone groups is 1. The van der Waals surface area contributed by atoms with Gasteiger partial charge in [0.25, 0.3) is 0 Å². The second-order valence-electron chi connectivity index (χ2n) is 6.69. The van der Waals surface area contributed by atoms with Gasteiger partial charge in [0.2, 0.25) is 5.91 Å². The molecule has 2 atom stereocenters. The summed E-state index contributed by atoms with van der Waals surface area (Å²) in [5.41, 5.74) is 0.222. The Morgan fingerprint density at radius 1 is 1.29 bits per heavy atom. The molecule has 28 heavy (non-hydrogen) atoms. The summed E-state index contributed by atoms with van der Waals surface area (Å²) in [7, 11) is -0.458. The summed E-state index contributed by atoms with van der Waals surface area (Å²) in [6, 6.07) is 2.29. The van der Waals surface area contributed by atoms with Crippen molar-refractivity contribution in [3.05, 3.63) is 33.7 Å². The molecule has 0 unspecified atom stereocenters. The summed E-state index contributed by atoms with van der Waals surface area (Å²) < 4.78 is 39.0. The second kappa shape index (κ2) is 7.44. The Bertz CT molecular complexity index is 1090. The first-order valence-electron chi connectivity index (χ1n) is 8.51. The van der Waals surface area contributed by atoms with Gasteiger partial charge in [0.05, 0.1) is 55.2 Å². The lowest BCUT2D eigenvalue weighted by atomic mass is 10.0. The molecule has 2 N–H and O–H groups in total. The molecule has 1 saturated heterocycles. The van der Waals surface area contributed by atoms with Crippen molar-refractivity contribution < 1.29 is 32.2 Å². The van der Waals surface area contributed by atoms with Gasteiger partial charge in [0.15, 0.2) is 9.84 Å². The lowest BCUT2D eigenvalue weighted by Crippen LogP contribution is -2.43. The maximum atomic E-state index is 12.4. The topological polar surface area (TPSA) is 132 Å². The van der Waals surface area contributed by atoms with Crippen LogP contribution in [0.4, 0.5) is 0 Å². The summed E-state index contributed by atoms with van der Waals surface area (Å²) in [6.07, 6.45) is -1.49. The van der Waals surface area contributed by atoms with Crippen LogP contribution in [0.5, 0.6) is 11.5 Å². The number of hydrogen-bond acceptors (Lipinski definition) is 8. The number of aryl methyl sites for hydroxylation is 1. The minimum atomic E-state index is -3.40. The number of carbonyl (C=O) groups is 1. The van der Waals surface area contributed by atoms with E-state index < -0.39 is 39.3 Å². The highest BCUT2D eigenvalue weighted by Gasteiger charge is 2.37. The highest BCUT2D eigenvalue weighted by atomic mass is 32.2. The fraction of sp³-hybridized carbons (Fsp3) is 0.444. The Hall–Kier alpha value is -2.59. The molecule has 1 amide bonds. The molecule has 1 aliphatic rings. The zero-order chi connectivity index (χ0) is 20.6. The van der Waals surface area contributed by atoms with Crippen molar-refractivity contribution in [3.63, 3.8) is 0 Å². The van der Waals surface area contributed by atoms with Gasteiger partial charge in [-0.3, -0.25) is 4.79 Å². The van der Waals surface area contributed by atoms with E-state index in [4.69, 9.17) is 13.9 Å². The van der Waals surface area contributed by atoms with Crippen LogP contribution >= 0.6 is 0 Å². The molecule has 0 aliphatic carbocycles. The van der Waals surface area contributed by atoms with Crippen LogP contribution in [0.1, 0.15) is 11.1 Å². The van der Waals surface area contributed by atoms with E-state index in [-0.39, 0.29) is 23.3 Å². The summed E-state index contributed by atoms with van der Waals surface area (Å²) >= 11 is 0. The molecule has 2 aromatic rings. The Kier molecular flexibility index (Phi) is 5.35. The van der Waals surface area contributed by atoms with Crippen molar-refractivity contribution in [3.8, 4) is 11.5 Å². The molecule has 0 spiro atoms. The van der Waals surface area contributed by atoms with Crippen molar-refractivity contribution in [1.29, 1.82) is 0 Å². The van der Waals surface area contributed by atoms with Crippen LogP contribution < -0.4 is 20.4 Å². The molecule has 1 fully saturated rings. The van der Waals surface area contributed by atoms with Crippen molar-refractivity contribution >= 4 is 26.7 Å². The monoisotopic (exact) mass is 411 g/mol. The fourth-order valence-electron chi connectivity index (χ4n) is 3.35. The molecule has 3 rings (SSSR count). The Morgan fingerprint density at radius 3 is 2.57 bits per heavy atom. The van der Waals surface area contributed by atoms with Crippen LogP contribution in [0, 0.1) is 6.92 Å². The molecule has 0 bridgehead atoms.